The number of hydrogen-bond donors (Lipinski definition) is 1. The SMILES string of the molecule is Bc1ccc2c(=O)n(CC(=O)NC(=C)/N=C\C(C)=C/C)nc(OCCl)c2c1. The zero-order chi connectivity index (χ0) is 20.0. The van der Waals surface area contributed by atoms with Crippen LogP contribution in [0.2, 0.25) is 0 Å². The van der Waals surface area contributed by atoms with E-state index in [9.17, 15) is 9.59 Å². The average Bonchev–Trinajstić information content (AvgIpc) is 2.63. The van der Waals surface area contributed by atoms with Gasteiger partial charge in [-0.1, -0.05) is 41.9 Å². The highest BCUT2D eigenvalue weighted by atomic mass is 35.5. The van der Waals surface area contributed by atoms with Crippen molar-refractivity contribution in [3.05, 3.63) is 52.6 Å². The summed E-state index contributed by atoms with van der Waals surface area (Å²) >= 11 is 5.65. The van der Waals surface area contributed by atoms with E-state index in [4.69, 9.17) is 16.3 Å². The zero-order valence-electron chi connectivity index (χ0n) is 15.5. The quantitative estimate of drug-likeness (QED) is 0.434. The summed E-state index contributed by atoms with van der Waals surface area (Å²) in [7, 11) is 1.89. The van der Waals surface area contributed by atoms with Gasteiger partial charge in [0.25, 0.3) is 5.56 Å². The molecule has 140 valence electrons. The molecule has 1 amide bonds. The van der Waals surface area contributed by atoms with Gasteiger partial charge in [0.2, 0.25) is 11.8 Å². The van der Waals surface area contributed by atoms with Crippen LogP contribution >= 0.6 is 11.6 Å². The molecule has 0 radical (unpaired) electrons. The van der Waals surface area contributed by atoms with Gasteiger partial charge in [0, 0.05) is 6.21 Å². The van der Waals surface area contributed by atoms with E-state index in [2.05, 4.69) is 22.0 Å². The molecule has 27 heavy (non-hydrogen) atoms. The van der Waals surface area contributed by atoms with Gasteiger partial charge in [-0.2, -0.15) is 0 Å². The summed E-state index contributed by atoms with van der Waals surface area (Å²) in [6.45, 7) is 7.11. The Morgan fingerprint density at radius 3 is 2.89 bits per heavy atom. The predicted molar refractivity (Wildman–Crippen MR) is 111 cm³/mol. The van der Waals surface area contributed by atoms with Crippen LogP contribution in [-0.4, -0.2) is 35.8 Å². The molecule has 0 fully saturated rings. The topological polar surface area (TPSA) is 85.6 Å². The van der Waals surface area contributed by atoms with Gasteiger partial charge in [0.15, 0.2) is 6.07 Å². The molecule has 2 aromatic rings. The number of halogens is 1. The number of benzene rings is 1. The van der Waals surface area contributed by atoms with Crippen LogP contribution < -0.4 is 21.1 Å². The maximum Gasteiger partial charge on any atom is 0.275 e. The van der Waals surface area contributed by atoms with Gasteiger partial charge in [-0.15, -0.1) is 5.10 Å². The second kappa shape index (κ2) is 9.18. The number of nitrogens with zero attached hydrogens (tertiary/aromatic N) is 3. The molecule has 9 heteroatoms. The number of rotatable bonds is 7. The maximum absolute atomic E-state index is 12.6. The molecule has 2 rings (SSSR count). The molecule has 1 aromatic carbocycles. The lowest BCUT2D eigenvalue weighted by Crippen LogP contribution is -2.33. The maximum atomic E-state index is 12.6. The second-order valence-electron chi connectivity index (χ2n) is 5.86. The van der Waals surface area contributed by atoms with Crippen LogP contribution in [0.4, 0.5) is 0 Å². The van der Waals surface area contributed by atoms with E-state index in [0.29, 0.717) is 10.8 Å². The molecule has 0 bridgehead atoms. The first kappa shape index (κ1) is 20.4. The van der Waals surface area contributed by atoms with Crippen molar-refractivity contribution in [2.45, 2.75) is 20.4 Å². The lowest BCUT2D eigenvalue weighted by molar-refractivity contribution is -0.121. The van der Waals surface area contributed by atoms with E-state index < -0.39 is 11.5 Å². The van der Waals surface area contributed by atoms with E-state index in [1.807, 2.05) is 27.8 Å². The summed E-state index contributed by atoms with van der Waals surface area (Å²) in [6.07, 6.45) is 3.45. The van der Waals surface area contributed by atoms with Crippen molar-refractivity contribution in [3.63, 3.8) is 0 Å². The number of hydrogen-bond acceptors (Lipinski definition) is 5. The third-order valence-corrected chi connectivity index (χ3v) is 3.84. The minimum Gasteiger partial charge on any atom is -0.460 e. The fraction of sp³-hybridized carbons (Fsp3) is 0.222. The summed E-state index contributed by atoms with van der Waals surface area (Å²) in [6, 6.07) is 5.14. The molecule has 0 aliphatic heterocycles. The predicted octanol–water partition coefficient (Wildman–Crippen LogP) is 0.854. The summed E-state index contributed by atoms with van der Waals surface area (Å²) < 4.78 is 6.36. The van der Waals surface area contributed by atoms with Crippen LogP contribution in [0, 0.1) is 0 Å². The number of alkyl halides is 1. The third kappa shape index (κ3) is 5.31. The summed E-state index contributed by atoms with van der Waals surface area (Å²) in [4.78, 5) is 28.9. The van der Waals surface area contributed by atoms with Crippen LogP contribution in [0.3, 0.4) is 0 Å². The monoisotopic (exact) mass is 386 g/mol. The standard InChI is InChI=1S/C18H20BClN4O3/c1-4-11(2)8-21-12(3)22-16(25)9-24-18(26)14-6-5-13(19)7-15(14)17(23-24)27-10-20/h4-8H,3,9-10,19H2,1-2H3,(H,22,25)/b11-4-,21-8-. The minimum atomic E-state index is -0.479. The Morgan fingerprint density at radius 1 is 1.48 bits per heavy atom. The molecule has 0 aliphatic rings. The fourth-order valence-corrected chi connectivity index (χ4v) is 2.36. The number of aromatic nitrogens is 2. The van der Waals surface area contributed by atoms with Crippen molar-refractivity contribution in [1.82, 2.24) is 15.1 Å². The Kier molecular flexibility index (Phi) is 6.95. The first-order chi connectivity index (χ1) is 12.8. The Bertz CT molecular complexity index is 998. The first-order valence-corrected chi connectivity index (χ1v) is 8.75. The van der Waals surface area contributed by atoms with E-state index in [0.717, 1.165) is 15.7 Å². The second-order valence-corrected chi connectivity index (χ2v) is 6.07. The van der Waals surface area contributed by atoms with Gasteiger partial charge in [-0.25, -0.2) is 9.67 Å². The van der Waals surface area contributed by atoms with Gasteiger partial charge in [0.05, 0.1) is 10.8 Å². The van der Waals surface area contributed by atoms with E-state index >= 15 is 0 Å². The van der Waals surface area contributed by atoms with Crippen LogP contribution in [0.5, 0.6) is 5.88 Å². The Labute approximate surface area is 162 Å². The molecule has 0 atom stereocenters. The lowest BCUT2D eigenvalue weighted by Gasteiger charge is -2.11. The molecule has 7 nitrogen and oxygen atoms in total. The van der Waals surface area contributed by atoms with Crippen molar-refractivity contribution in [2.75, 3.05) is 6.07 Å². The third-order valence-electron chi connectivity index (χ3n) is 3.73. The van der Waals surface area contributed by atoms with E-state index in [-0.39, 0.29) is 24.3 Å². The minimum absolute atomic E-state index is 0.129. The molecule has 1 aromatic heterocycles. The summed E-state index contributed by atoms with van der Waals surface area (Å²) in [5.41, 5.74) is 1.47. The van der Waals surface area contributed by atoms with Crippen molar-refractivity contribution in [2.24, 2.45) is 4.99 Å². The van der Waals surface area contributed by atoms with Crippen molar-refractivity contribution in [3.8, 4) is 5.88 Å². The van der Waals surface area contributed by atoms with Gasteiger partial charge in [0.1, 0.15) is 20.2 Å². The molecule has 0 aliphatic carbocycles. The van der Waals surface area contributed by atoms with Crippen LogP contribution in [0.1, 0.15) is 13.8 Å². The number of ether oxygens (including phenoxy) is 1. The van der Waals surface area contributed by atoms with Crippen LogP contribution in [0.15, 0.2) is 52.0 Å². The molecule has 0 spiro atoms. The van der Waals surface area contributed by atoms with Gasteiger partial charge >= 0.3 is 0 Å². The number of amides is 1. The lowest BCUT2D eigenvalue weighted by atomic mass is 9.94. The molecule has 0 saturated heterocycles. The number of carbonyl (C=O) groups excluding carboxylic acids is 1. The smallest absolute Gasteiger partial charge is 0.275 e. The Hall–Kier alpha value is -2.87. The highest BCUT2D eigenvalue weighted by Crippen LogP contribution is 2.19. The van der Waals surface area contributed by atoms with E-state index in [1.54, 1.807) is 24.4 Å². The van der Waals surface area contributed by atoms with Gasteiger partial charge in [-0.05, 0) is 25.5 Å². The van der Waals surface area contributed by atoms with Crippen LogP contribution in [-0.2, 0) is 11.3 Å². The highest BCUT2D eigenvalue weighted by Gasteiger charge is 2.14. The first-order valence-electron chi connectivity index (χ1n) is 8.21. The molecule has 1 N–H and O–H groups in total. The Balaban J connectivity index is 2.28. The normalized spacial score (nSPS) is 11.7. The number of fused-ring (bicyclic) bond motifs is 1. The summed E-state index contributed by atoms with van der Waals surface area (Å²) in [5.74, 6) is -0.118. The van der Waals surface area contributed by atoms with Crippen molar-refractivity contribution in [1.29, 1.82) is 0 Å². The molecule has 0 unspecified atom stereocenters. The fourth-order valence-electron chi connectivity index (χ4n) is 2.26. The molecule has 0 saturated carbocycles. The van der Waals surface area contributed by atoms with Crippen molar-refractivity contribution >= 4 is 47.8 Å². The van der Waals surface area contributed by atoms with Gasteiger partial charge < -0.3 is 10.1 Å². The number of allylic oxidation sites excluding steroid dienone is 2. The van der Waals surface area contributed by atoms with E-state index in [1.165, 1.54) is 0 Å². The molecular formula is C18H20BClN4O3. The average molecular weight is 387 g/mol. The Morgan fingerprint density at radius 2 is 2.22 bits per heavy atom. The zero-order valence-corrected chi connectivity index (χ0v) is 16.2. The largest absolute Gasteiger partial charge is 0.460 e. The van der Waals surface area contributed by atoms with Crippen molar-refractivity contribution < 1.29 is 9.53 Å². The highest BCUT2D eigenvalue weighted by molar-refractivity contribution is 6.33. The molecule has 1 heterocycles. The van der Waals surface area contributed by atoms with Gasteiger partial charge in [-0.3, -0.25) is 9.59 Å². The van der Waals surface area contributed by atoms with Crippen LogP contribution in [0.25, 0.3) is 10.8 Å². The summed E-state index contributed by atoms with van der Waals surface area (Å²) in [5, 5.41) is 7.59. The molecular weight excluding hydrogens is 366 g/mol. The number of nitrogens with one attached hydrogen (secondary N) is 1. The number of aliphatic imine (C=N–C) groups is 1. The number of carbonyl (C=O) groups is 1.